The lowest BCUT2D eigenvalue weighted by Crippen LogP contribution is -2.30. The van der Waals surface area contributed by atoms with Crippen molar-refractivity contribution in [3.63, 3.8) is 0 Å². The highest BCUT2D eigenvalue weighted by Crippen LogP contribution is 2.24. The van der Waals surface area contributed by atoms with Crippen LogP contribution in [0.3, 0.4) is 0 Å². The second kappa shape index (κ2) is 5.46. The Bertz CT molecular complexity index is 638. The maximum Gasteiger partial charge on any atom is 0.227 e. The van der Waals surface area contributed by atoms with Crippen LogP contribution in [0, 0.1) is 5.92 Å². The summed E-state index contributed by atoms with van der Waals surface area (Å²) < 4.78 is 0. The van der Waals surface area contributed by atoms with E-state index in [0.29, 0.717) is 18.0 Å². The Morgan fingerprint density at radius 2 is 2.35 bits per heavy atom. The van der Waals surface area contributed by atoms with E-state index in [1.165, 1.54) is 0 Å². The lowest BCUT2D eigenvalue weighted by atomic mass is 10.1. The van der Waals surface area contributed by atoms with E-state index >= 15 is 0 Å². The summed E-state index contributed by atoms with van der Waals surface area (Å²) in [6.45, 7) is 1.57. The number of aliphatic hydroxyl groups is 1. The minimum atomic E-state index is 0.113. The number of carbonyl (C=O) groups is 1. The van der Waals surface area contributed by atoms with Crippen molar-refractivity contribution < 1.29 is 9.90 Å². The standard InChI is InChI=1S/C15H17ClN2O2/c16-12-1-2-14-13(6-12)11(7-17-14)5-15(20)18-4-3-10(8-18)9-19/h1-2,6-7,10,17,19H,3-5,8-9H2. The number of fused-ring (bicyclic) bond motifs is 1. The molecule has 106 valence electrons. The molecule has 2 heterocycles. The largest absolute Gasteiger partial charge is 0.396 e. The van der Waals surface area contributed by atoms with Crippen LogP contribution in [0.2, 0.25) is 5.02 Å². The molecule has 1 fully saturated rings. The molecule has 20 heavy (non-hydrogen) atoms. The number of halogens is 1. The van der Waals surface area contributed by atoms with E-state index in [0.717, 1.165) is 29.4 Å². The quantitative estimate of drug-likeness (QED) is 0.911. The van der Waals surface area contributed by atoms with Gasteiger partial charge in [-0.1, -0.05) is 11.6 Å². The third kappa shape index (κ3) is 2.53. The summed E-state index contributed by atoms with van der Waals surface area (Å²) in [7, 11) is 0. The number of aliphatic hydroxyl groups excluding tert-OH is 1. The van der Waals surface area contributed by atoms with Gasteiger partial charge >= 0.3 is 0 Å². The van der Waals surface area contributed by atoms with Crippen molar-refractivity contribution in [2.45, 2.75) is 12.8 Å². The normalized spacial score (nSPS) is 18.9. The molecule has 1 aromatic carbocycles. The number of nitrogens with one attached hydrogen (secondary N) is 1. The zero-order valence-corrected chi connectivity index (χ0v) is 11.9. The number of carbonyl (C=O) groups excluding carboxylic acids is 1. The fourth-order valence-electron chi connectivity index (χ4n) is 2.78. The lowest BCUT2D eigenvalue weighted by molar-refractivity contribution is -0.129. The van der Waals surface area contributed by atoms with Gasteiger partial charge in [-0.05, 0) is 30.2 Å². The molecular weight excluding hydrogens is 276 g/mol. The Kier molecular flexibility index (Phi) is 3.68. The summed E-state index contributed by atoms with van der Waals surface area (Å²) in [5.41, 5.74) is 1.96. The summed E-state index contributed by atoms with van der Waals surface area (Å²) in [5.74, 6) is 0.346. The van der Waals surface area contributed by atoms with Crippen LogP contribution in [-0.2, 0) is 11.2 Å². The molecular formula is C15H17ClN2O2. The second-order valence-electron chi connectivity index (χ2n) is 5.36. The molecule has 0 aliphatic carbocycles. The number of aromatic nitrogens is 1. The van der Waals surface area contributed by atoms with Crippen molar-refractivity contribution in [2.24, 2.45) is 5.92 Å². The molecule has 2 aromatic rings. The molecule has 3 rings (SSSR count). The number of amides is 1. The number of benzene rings is 1. The molecule has 1 aromatic heterocycles. The third-order valence-corrected chi connectivity index (χ3v) is 4.20. The van der Waals surface area contributed by atoms with E-state index in [9.17, 15) is 4.79 Å². The second-order valence-corrected chi connectivity index (χ2v) is 5.79. The van der Waals surface area contributed by atoms with Crippen LogP contribution in [0.25, 0.3) is 10.9 Å². The minimum Gasteiger partial charge on any atom is -0.396 e. The maximum absolute atomic E-state index is 12.3. The van der Waals surface area contributed by atoms with Gasteiger partial charge in [0.2, 0.25) is 5.91 Å². The van der Waals surface area contributed by atoms with Crippen molar-refractivity contribution in [1.29, 1.82) is 0 Å². The lowest BCUT2D eigenvalue weighted by Gasteiger charge is -2.15. The molecule has 1 unspecified atom stereocenters. The number of hydrogen-bond donors (Lipinski definition) is 2. The first-order valence-corrected chi connectivity index (χ1v) is 7.19. The predicted molar refractivity (Wildman–Crippen MR) is 78.8 cm³/mol. The summed E-state index contributed by atoms with van der Waals surface area (Å²) in [4.78, 5) is 17.3. The van der Waals surface area contributed by atoms with Crippen LogP contribution < -0.4 is 0 Å². The number of hydrogen-bond acceptors (Lipinski definition) is 2. The van der Waals surface area contributed by atoms with Gasteiger partial charge in [0, 0.05) is 47.7 Å². The minimum absolute atomic E-state index is 0.113. The van der Waals surface area contributed by atoms with Crippen LogP contribution in [-0.4, -0.2) is 40.6 Å². The van der Waals surface area contributed by atoms with Gasteiger partial charge in [0.05, 0.1) is 6.42 Å². The first-order chi connectivity index (χ1) is 9.67. The smallest absolute Gasteiger partial charge is 0.227 e. The molecule has 4 nitrogen and oxygen atoms in total. The summed E-state index contributed by atoms with van der Waals surface area (Å²) in [6.07, 6.45) is 3.14. The van der Waals surface area contributed by atoms with Crippen molar-refractivity contribution in [1.82, 2.24) is 9.88 Å². The molecule has 0 saturated carbocycles. The molecule has 2 N–H and O–H groups in total. The number of rotatable bonds is 3. The zero-order chi connectivity index (χ0) is 14.1. The van der Waals surface area contributed by atoms with E-state index in [4.69, 9.17) is 16.7 Å². The van der Waals surface area contributed by atoms with Crippen LogP contribution in [0.1, 0.15) is 12.0 Å². The average Bonchev–Trinajstić information content (AvgIpc) is 3.06. The first-order valence-electron chi connectivity index (χ1n) is 6.81. The van der Waals surface area contributed by atoms with E-state index in [1.54, 1.807) is 0 Å². The molecule has 1 saturated heterocycles. The van der Waals surface area contributed by atoms with Crippen molar-refractivity contribution in [2.75, 3.05) is 19.7 Å². The zero-order valence-electron chi connectivity index (χ0n) is 11.1. The van der Waals surface area contributed by atoms with Crippen LogP contribution in [0.4, 0.5) is 0 Å². The fourth-order valence-corrected chi connectivity index (χ4v) is 2.95. The number of aromatic amines is 1. The van der Waals surface area contributed by atoms with Gasteiger partial charge in [-0.25, -0.2) is 0 Å². The highest BCUT2D eigenvalue weighted by molar-refractivity contribution is 6.31. The molecule has 0 spiro atoms. The SMILES string of the molecule is O=C(Cc1c[nH]c2ccc(Cl)cc12)N1CCC(CO)C1. The van der Waals surface area contributed by atoms with Gasteiger partial charge in [0.1, 0.15) is 0 Å². The Morgan fingerprint density at radius 3 is 3.10 bits per heavy atom. The van der Waals surface area contributed by atoms with Crippen LogP contribution in [0.5, 0.6) is 0 Å². The molecule has 1 aliphatic rings. The monoisotopic (exact) mass is 292 g/mol. The fraction of sp³-hybridized carbons (Fsp3) is 0.400. The Morgan fingerprint density at radius 1 is 1.50 bits per heavy atom. The van der Waals surface area contributed by atoms with Gasteiger partial charge in [-0.2, -0.15) is 0 Å². The first kappa shape index (κ1) is 13.5. The average molecular weight is 293 g/mol. The molecule has 0 radical (unpaired) electrons. The van der Waals surface area contributed by atoms with Gasteiger partial charge in [-0.15, -0.1) is 0 Å². The topological polar surface area (TPSA) is 56.3 Å². The van der Waals surface area contributed by atoms with Crippen molar-refractivity contribution in [3.8, 4) is 0 Å². The number of likely N-dealkylation sites (tertiary alicyclic amines) is 1. The van der Waals surface area contributed by atoms with Gasteiger partial charge in [0.25, 0.3) is 0 Å². The van der Waals surface area contributed by atoms with Crippen molar-refractivity contribution in [3.05, 3.63) is 35.0 Å². The maximum atomic E-state index is 12.3. The number of nitrogens with zero attached hydrogens (tertiary/aromatic N) is 1. The molecule has 0 bridgehead atoms. The van der Waals surface area contributed by atoms with Crippen LogP contribution in [0.15, 0.2) is 24.4 Å². The molecule has 1 aliphatic heterocycles. The van der Waals surface area contributed by atoms with E-state index in [-0.39, 0.29) is 18.4 Å². The van der Waals surface area contributed by atoms with E-state index < -0.39 is 0 Å². The van der Waals surface area contributed by atoms with Gasteiger partial charge in [0.15, 0.2) is 0 Å². The molecule has 1 amide bonds. The van der Waals surface area contributed by atoms with Gasteiger partial charge in [-0.3, -0.25) is 4.79 Å². The highest BCUT2D eigenvalue weighted by atomic mass is 35.5. The molecule has 5 heteroatoms. The summed E-state index contributed by atoms with van der Waals surface area (Å²) in [6, 6.07) is 5.64. The van der Waals surface area contributed by atoms with Gasteiger partial charge < -0.3 is 15.0 Å². The van der Waals surface area contributed by atoms with E-state index in [2.05, 4.69) is 4.98 Å². The Balaban J connectivity index is 1.76. The highest BCUT2D eigenvalue weighted by Gasteiger charge is 2.25. The van der Waals surface area contributed by atoms with Crippen LogP contribution >= 0.6 is 11.6 Å². The Labute approximate surface area is 122 Å². The Hall–Kier alpha value is -1.52. The predicted octanol–water partition coefficient (Wildman–Crippen LogP) is 2.20. The third-order valence-electron chi connectivity index (χ3n) is 3.97. The molecule has 1 atom stereocenters. The van der Waals surface area contributed by atoms with E-state index in [1.807, 2.05) is 29.3 Å². The van der Waals surface area contributed by atoms with Crippen molar-refractivity contribution >= 4 is 28.4 Å². The summed E-state index contributed by atoms with van der Waals surface area (Å²) >= 11 is 6.01. The number of H-pyrrole nitrogens is 1. The summed E-state index contributed by atoms with van der Waals surface area (Å²) in [5, 5.41) is 10.8.